The maximum atomic E-state index is 11.1. The number of rotatable bonds is 3. The third-order valence-electron chi connectivity index (χ3n) is 2.28. The highest BCUT2D eigenvalue weighted by Gasteiger charge is 2.22. The second-order valence-electron chi connectivity index (χ2n) is 3.42. The molecule has 0 atom stereocenters. The van der Waals surface area contributed by atoms with Crippen molar-refractivity contribution in [3.05, 3.63) is 11.1 Å². The molecule has 0 aromatic rings. The molecule has 0 aliphatic heterocycles. The van der Waals surface area contributed by atoms with Gasteiger partial charge in [-0.05, 0) is 24.5 Å². The van der Waals surface area contributed by atoms with Gasteiger partial charge in [-0.25, -0.2) is 0 Å². The van der Waals surface area contributed by atoms with Crippen LogP contribution in [0, 0.1) is 0 Å². The van der Waals surface area contributed by atoms with Gasteiger partial charge in [-0.15, -0.1) is 0 Å². The van der Waals surface area contributed by atoms with Crippen molar-refractivity contribution in [1.29, 1.82) is 0 Å². The van der Waals surface area contributed by atoms with Crippen LogP contribution in [0.5, 0.6) is 0 Å². The normalized spacial score (nSPS) is 17.1. The molecule has 0 saturated carbocycles. The Kier molecular flexibility index (Phi) is 3.17. The molecule has 0 aromatic carbocycles. The molecule has 14 heavy (non-hydrogen) atoms. The summed E-state index contributed by atoms with van der Waals surface area (Å²) in [5, 5.41) is 8.59. The summed E-state index contributed by atoms with van der Waals surface area (Å²) in [6.07, 6.45) is 0.691. The highest BCUT2D eigenvalue weighted by molar-refractivity contribution is 5.98. The minimum absolute atomic E-state index is 0.0197. The van der Waals surface area contributed by atoms with E-state index in [9.17, 15) is 14.4 Å². The van der Waals surface area contributed by atoms with E-state index in [-0.39, 0.29) is 24.4 Å². The van der Waals surface area contributed by atoms with Gasteiger partial charge in [0.05, 0.1) is 6.42 Å². The first-order chi connectivity index (χ1) is 6.50. The average molecular weight is 196 g/mol. The van der Waals surface area contributed by atoms with E-state index in [1.54, 1.807) is 0 Å². The van der Waals surface area contributed by atoms with Gasteiger partial charge in [0, 0.05) is 12.8 Å². The highest BCUT2D eigenvalue weighted by Crippen LogP contribution is 2.25. The third kappa shape index (κ3) is 2.52. The average Bonchev–Trinajstić information content (AvgIpc) is 2.01. The second-order valence-corrected chi connectivity index (χ2v) is 3.42. The van der Waals surface area contributed by atoms with Crippen LogP contribution in [0.2, 0.25) is 0 Å². The van der Waals surface area contributed by atoms with Gasteiger partial charge in [-0.3, -0.25) is 14.4 Å². The van der Waals surface area contributed by atoms with Crippen LogP contribution < -0.4 is 0 Å². The van der Waals surface area contributed by atoms with Crippen LogP contribution in [0.4, 0.5) is 0 Å². The Morgan fingerprint density at radius 1 is 1.36 bits per heavy atom. The molecule has 76 valence electrons. The number of aliphatic carboxylic acids is 1. The lowest BCUT2D eigenvalue weighted by Crippen LogP contribution is -2.15. The Labute approximate surface area is 81.6 Å². The lowest BCUT2D eigenvalue weighted by molar-refractivity contribution is -0.136. The summed E-state index contributed by atoms with van der Waals surface area (Å²) >= 11 is 0. The molecule has 4 nitrogen and oxygen atoms in total. The number of ketones is 2. The first-order valence-corrected chi connectivity index (χ1v) is 4.46. The monoisotopic (exact) mass is 196 g/mol. The quantitative estimate of drug-likeness (QED) is 0.733. The summed E-state index contributed by atoms with van der Waals surface area (Å²) in [6.45, 7) is 1.41. The van der Waals surface area contributed by atoms with E-state index in [1.807, 2.05) is 0 Å². The van der Waals surface area contributed by atoms with Crippen LogP contribution in [-0.4, -0.2) is 22.6 Å². The van der Waals surface area contributed by atoms with Crippen molar-refractivity contribution >= 4 is 17.5 Å². The molecule has 0 aromatic heterocycles. The Morgan fingerprint density at radius 3 is 2.50 bits per heavy atom. The van der Waals surface area contributed by atoms with Crippen molar-refractivity contribution in [2.75, 3.05) is 0 Å². The van der Waals surface area contributed by atoms with E-state index < -0.39 is 5.97 Å². The molecular formula is C10H12O4. The van der Waals surface area contributed by atoms with E-state index in [2.05, 4.69) is 0 Å². The lowest BCUT2D eigenvalue weighted by Gasteiger charge is -2.16. The zero-order chi connectivity index (χ0) is 10.7. The number of carbonyl (C=O) groups is 3. The smallest absolute Gasteiger partial charge is 0.307 e. The largest absolute Gasteiger partial charge is 0.481 e. The standard InChI is InChI=1S/C10H12O4/c1-6(11)9-3-2-8(12)4-7(9)5-10(13)14/h2-5H2,1H3,(H,13,14). The zero-order valence-electron chi connectivity index (χ0n) is 8.00. The van der Waals surface area contributed by atoms with Gasteiger partial charge in [0.2, 0.25) is 0 Å². The van der Waals surface area contributed by atoms with Gasteiger partial charge >= 0.3 is 5.97 Å². The fraction of sp³-hybridized carbons (Fsp3) is 0.500. The van der Waals surface area contributed by atoms with Crippen LogP contribution in [-0.2, 0) is 14.4 Å². The van der Waals surface area contributed by atoms with Crippen molar-refractivity contribution in [3.8, 4) is 0 Å². The molecule has 0 radical (unpaired) electrons. The molecule has 0 bridgehead atoms. The Balaban J connectivity index is 2.93. The summed E-state index contributed by atoms with van der Waals surface area (Å²) < 4.78 is 0. The van der Waals surface area contributed by atoms with Crippen molar-refractivity contribution in [3.63, 3.8) is 0 Å². The number of carbonyl (C=O) groups excluding carboxylic acids is 2. The maximum Gasteiger partial charge on any atom is 0.307 e. The van der Waals surface area contributed by atoms with E-state index in [1.165, 1.54) is 6.92 Å². The van der Waals surface area contributed by atoms with Gasteiger partial charge in [-0.2, -0.15) is 0 Å². The predicted molar refractivity (Wildman–Crippen MR) is 48.8 cm³/mol. The minimum Gasteiger partial charge on any atom is -0.481 e. The summed E-state index contributed by atoms with van der Waals surface area (Å²) in [6, 6.07) is 0. The van der Waals surface area contributed by atoms with Crippen molar-refractivity contribution < 1.29 is 19.5 Å². The second kappa shape index (κ2) is 4.17. The molecule has 0 fully saturated rings. The van der Waals surface area contributed by atoms with Crippen LogP contribution in [0.1, 0.15) is 32.6 Å². The topological polar surface area (TPSA) is 71.4 Å². The summed E-state index contributed by atoms with van der Waals surface area (Å²) in [4.78, 5) is 32.7. The maximum absolute atomic E-state index is 11.1. The first kappa shape index (κ1) is 10.6. The highest BCUT2D eigenvalue weighted by atomic mass is 16.4. The summed E-state index contributed by atoms with van der Waals surface area (Å²) in [7, 11) is 0. The fourth-order valence-electron chi connectivity index (χ4n) is 1.65. The molecule has 0 unspecified atom stereocenters. The molecule has 1 rings (SSSR count). The number of hydrogen-bond acceptors (Lipinski definition) is 3. The van der Waals surface area contributed by atoms with Crippen molar-refractivity contribution in [2.24, 2.45) is 0 Å². The molecule has 0 spiro atoms. The predicted octanol–water partition coefficient (Wildman–Crippen LogP) is 1.10. The molecule has 1 aliphatic carbocycles. The van der Waals surface area contributed by atoms with E-state index in [0.717, 1.165) is 0 Å². The van der Waals surface area contributed by atoms with E-state index in [0.29, 0.717) is 24.0 Å². The molecule has 0 heterocycles. The van der Waals surface area contributed by atoms with Gasteiger partial charge in [0.25, 0.3) is 0 Å². The molecule has 4 heteroatoms. The number of allylic oxidation sites excluding steroid dienone is 1. The summed E-state index contributed by atoms with van der Waals surface area (Å²) in [5.74, 6) is -1.09. The minimum atomic E-state index is -0.992. The number of hydrogen-bond donors (Lipinski definition) is 1. The fourth-order valence-corrected chi connectivity index (χ4v) is 1.65. The summed E-state index contributed by atoms with van der Waals surface area (Å²) in [5.41, 5.74) is 1.02. The van der Waals surface area contributed by atoms with Gasteiger partial charge in [0.15, 0.2) is 5.78 Å². The van der Waals surface area contributed by atoms with Crippen LogP contribution in [0.25, 0.3) is 0 Å². The van der Waals surface area contributed by atoms with E-state index in [4.69, 9.17) is 5.11 Å². The third-order valence-corrected chi connectivity index (χ3v) is 2.28. The molecular weight excluding hydrogens is 184 g/mol. The Bertz CT molecular complexity index is 325. The molecule has 1 aliphatic rings. The van der Waals surface area contributed by atoms with Crippen LogP contribution in [0.3, 0.4) is 0 Å². The molecule has 0 amide bonds. The molecule has 0 saturated heterocycles. The lowest BCUT2D eigenvalue weighted by atomic mass is 9.87. The van der Waals surface area contributed by atoms with Crippen molar-refractivity contribution in [1.82, 2.24) is 0 Å². The van der Waals surface area contributed by atoms with E-state index >= 15 is 0 Å². The van der Waals surface area contributed by atoms with Crippen molar-refractivity contribution in [2.45, 2.75) is 32.6 Å². The SMILES string of the molecule is CC(=O)C1=C(CC(=O)O)CC(=O)CC1. The Morgan fingerprint density at radius 2 is 2.00 bits per heavy atom. The first-order valence-electron chi connectivity index (χ1n) is 4.46. The van der Waals surface area contributed by atoms with Crippen LogP contribution >= 0.6 is 0 Å². The number of carboxylic acids is 1. The molecule has 1 N–H and O–H groups in total. The zero-order valence-corrected chi connectivity index (χ0v) is 8.00. The Hall–Kier alpha value is -1.45. The van der Waals surface area contributed by atoms with Crippen LogP contribution in [0.15, 0.2) is 11.1 Å². The van der Waals surface area contributed by atoms with Gasteiger partial charge < -0.3 is 5.11 Å². The number of Topliss-reactive ketones (excluding diaryl/α,β-unsaturated/α-hetero) is 2. The van der Waals surface area contributed by atoms with Gasteiger partial charge in [0.1, 0.15) is 5.78 Å². The van der Waals surface area contributed by atoms with Gasteiger partial charge in [-0.1, -0.05) is 0 Å². The number of carboxylic acid groups (broad SMARTS) is 1.